The smallest absolute Gasteiger partial charge is 0.398 e. The molecule has 1 aromatic rings. The molecule has 2 N–H and O–H groups in total. The Labute approximate surface area is 109 Å². The fourth-order valence-electron chi connectivity index (χ4n) is 1.46. The van der Waals surface area contributed by atoms with Crippen LogP contribution in [-0.2, 0) is 16.0 Å². The Hall–Kier alpha value is -1.44. The average Bonchev–Trinajstić information content (AvgIpc) is 2.24. The molecule has 0 unspecified atom stereocenters. The van der Waals surface area contributed by atoms with Gasteiger partial charge >= 0.3 is 6.18 Å². The third kappa shape index (κ3) is 4.62. The van der Waals surface area contributed by atoms with Crippen molar-refractivity contribution in [2.75, 3.05) is 36.2 Å². The maximum Gasteiger partial charge on any atom is 0.418 e. The number of benzene rings is 1. The third-order valence-electron chi connectivity index (χ3n) is 2.58. The minimum absolute atomic E-state index is 0.111. The molecule has 0 fully saturated rings. The zero-order chi connectivity index (χ0) is 14.8. The predicted molar refractivity (Wildman–Crippen MR) is 68.8 cm³/mol. The first-order valence-corrected chi connectivity index (χ1v) is 7.42. The van der Waals surface area contributed by atoms with Gasteiger partial charge in [0.25, 0.3) is 0 Å². The number of rotatable bonds is 4. The maximum absolute atomic E-state index is 12.7. The zero-order valence-corrected chi connectivity index (χ0v) is 11.3. The molecule has 0 aliphatic heterocycles. The Morgan fingerprint density at radius 3 is 2.37 bits per heavy atom. The summed E-state index contributed by atoms with van der Waals surface area (Å²) in [6, 6.07) is 3.50. The van der Waals surface area contributed by atoms with Crippen molar-refractivity contribution < 1.29 is 21.6 Å². The highest BCUT2D eigenvalue weighted by molar-refractivity contribution is 7.90. The minimum atomic E-state index is -4.53. The van der Waals surface area contributed by atoms with Gasteiger partial charge in [-0.15, -0.1) is 0 Å². The summed E-state index contributed by atoms with van der Waals surface area (Å²) >= 11 is 0. The van der Waals surface area contributed by atoms with Crippen molar-refractivity contribution in [2.45, 2.75) is 6.18 Å². The Kier molecular flexibility index (Phi) is 4.34. The van der Waals surface area contributed by atoms with E-state index in [2.05, 4.69) is 0 Å². The summed E-state index contributed by atoms with van der Waals surface area (Å²) in [6.07, 6.45) is -3.46. The molecule has 0 saturated carbocycles. The summed E-state index contributed by atoms with van der Waals surface area (Å²) in [5.74, 6) is -0.130. The topological polar surface area (TPSA) is 63.4 Å². The van der Waals surface area contributed by atoms with Crippen LogP contribution in [0.4, 0.5) is 24.5 Å². The van der Waals surface area contributed by atoms with E-state index in [1.807, 2.05) is 0 Å². The molecule has 0 amide bonds. The Morgan fingerprint density at radius 1 is 1.32 bits per heavy atom. The molecule has 108 valence electrons. The molecular formula is C11H15F3N2O2S. The van der Waals surface area contributed by atoms with Gasteiger partial charge in [0.1, 0.15) is 9.84 Å². The Balaban J connectivity index is 2.96. The molecule has 0 saturated heterocycles. The number of hydrogen-bond acceptors (Lipinski definition) is 4. The number of hydrogen-bond donors (Lipinski definition) is 1. The zero-order valence-electron chi connectivity index (χ0n) is 10.5. The summed E-state index contributed by atoms with van der Waals surface area (Å²) in [7, 11) is -1.64. The summed E-state index contributed by atoms with van der Waals surface area (Å²) < 4.78 is 60.1. The summed E-state index contributed by atoms with van der Waals surface area (Å²) in [4.78, 5) is 1.44. The molecule has 0 radical (unpaired) electrons. The largest absolute Gasteiger partial charge is 0.418 e. The van der Waals surface area contributed by atoms with Crippen LogP contribution in [-0.4, -0.2) is 34.0 Å². The van der Waals surface area contributed by atoms with Gasteiger partial charge in [-0.05, 0) is 18.2 Å². The lowest BCUT2D eigenvalue weighted by atomic mass is 10.1. The molecule has 4 nitrogen and oxygen atoms in total. The molecule has 0 aliphatic rings. The Morgan fingerprint density at radius 2 is 1.89 bits per heavy atom. The highest BCUT2D eigenvalue weighted by Crippen LogP contribution is 2.35. The standard InChI is InChI=1S/C11H15F3N2O2S/c1-16(5-6-19(2,17)18)8-3-4-10(15)9(7-8)11(12,13)14/h3-4,7H,5-6,15H2,1-2H3. The number of nitrogens with zero attached hydrogens (tertiary/aromatic N) is 1. The van der Waals surface area contributed by atoms with Gasteiger partial charge in [-0.2, -0.15) is 13.2 Å². The molecule has 1 rings (SSSR count). The van der Waals surface area contributed by atoms with Crippen molar-refractivity contribution in [1.82, 2.24) is 0 Å². The van der Waals surface area contributed by atoms with Crippen LogP contribution in [0.15, 0.2) is 18.2 Å². The second kappa shape index (κ2) is 5.28. The molecule has 0 aliphatic carbocycles. The monoisotopic (exact) mass is 296 g/mol. The van der Waals surface area contributed by atoms with Gasteiger partial charge in [0.05, 0.1) is 11.3 Å². The highest BCUT2D eigenvalue weighted by Gasteiger charge is 2.33. The van der Waals surface area contributed by atoms with Crippen LogP contribution in [0.3, 0.4) is 0 Å². The van der Waals surface area contributed by atoms with Crippen LogP contribution < -0.4 is 10.6 Å². The van der Waals surface area contributed by atoms with Crippen molar-refractivity contribution in [2.24, 2.45) is 0 Å². The summed E-state index contributed by atoms with van der Waals surface area (Å²) in [5.41, 5.74) is 4.28. The molecule has 0 heterocycles. The van der Waals surface area contributed by atoms with Gasteiger partial charge in [-0.1, -0.05) is 0 Å². The first-order valence-electron chi connectivity index (χ1n) is 5.36. The van der Waals surface area contributed by atoms with Gasteiger partial charge in [0, 0.05) is 31.2 Å². The molecular weight excluding hydrogens is 281 g/mol. The molecule has 19 heavy (non-hydrogen) atoms. The maximum atomic E-state index is 12.7. The second-order valence-electron chi connectivity index (χ2n) is 4.32. The summed E-state index contributed by atoms with van der Waals surface area (Å²) in [6.45, 7) is 0.111. The van der Waals surface area contributed by atoms with Gasteiger partial charge in [-0.3, -0.25) is 0 Å². The molecule has 0 atom stereocenters. The van der Waals surface area contributed by atoms with E-state index < -0.39 is 21.6 Å². The summed E-state index contributed by atoms with van der Waals surface area (Å²) in [5, 5.41) is 0. The fourth-order valence-corrected chi connectivity index (χ4v) is 2.06. The van der Waals surface area contributed by atoms with Crippen molar-refractivity contribution >= 4 is 21.2 Å². The van der Waals surface area contributed by atoms with Crippen molar-refractivity contribution in [1.29, 1.82) is 0 Å². The third-order valence-corrected chi connectivity index (χ3v) is 3.50. The average molecular weight is 296 g/mol. The van der Waals surface area contributed by atoms with Gasteiger partial charge in [0.2, 0.25) is 0 Å². The van der Waals surface area contributed by atoms with E-state index in [4.69, 9.17) is 5.73 Å². The lowest BCUT2D eigenvalue weighted by Gasteiger charge is -2.21. The van der Waals surface area contributed by atoms with Gasteiger partial charge in [-0.25, -0.2) is 8.42 Å². The van der Waals surface area contributed by atoms with E-state index >= 15 is 0 Å². The van der Waals surface area contributed by atoms with Crippen LogP contribution in [0, 0.1) is 0 Å². The van der Waals surface area contributed by atoms with Crippen LogP contribution in [0.2, 0.25) is 0 Å². The predicted octanol–water partition coefficient (Wildman–Crippen LogP) is 1.77. The molecule has 0 bridgehead atoms. The number of sulfone groups is 1. The Bertz CT molecular complexity index is 556. The van der Waals surface area contributed by atoms with E-state index in [9.17, 15) is 21.6 Å². The van der Waals surface area contributed by atoms with E-state index in [1.54, 1.807) is 0 Å². The van der Waals surface area contributed by atoms with Crippen LogP contribution in [0.1, 0.15) is 5.56 Å². The number of nitrogen functional groups attached to an aromatic ring is 1. The number of halogens is 3. The van der Waals surface area contributed by atoms with Crippen LogP contribution in [0.5, 0.6) is 0 Å². The normalized spacial score (nSPS) is 12.5. The van der Waals surface area contributed by atoms with Crippen molar-refractivity contribution in [3.63, 3.8) is 0 Å². The van der Waals surface area contributed by atoms with Gasteiger partial charge in [0.15, 0.2) is 0 Å². The molecule has 0 aromatic heterocycles. The van der Waals surface area contributed by atoms with E-state index in [0.717, 1.165) is 18.4 Å². The van der Waals surface area contributed by atoms with E-state index in [0.29, 0.717) is 0 Å². The lowest BCUT2D eigenvalue weighted by molar-refractivity contribution is -0.136. The highest BCUT2D eigenvalue weighted by atomic mass is 32.2. The van der Waals surface area contributed by atoms with Crippen molar-refractivity contribution in [3.05, 3.63) is 23.8 Å². The molecule has 1 aromatic carbocycles. The fraction of sp³-hybridized carbons (Fsp3) is 0.455. The van der Waals surface area contributed by atoms with E-state index in [1.165, 1.54) is 18.0 Å². The van der Waals surface area contributed by atoms with Gasteiger partial charge < -0.3 is 10.6 Å². The second-order valence-corrected chi connectivity index (χ2v) is 6.58. The number of alkyl halides is 3. The van der Waals surface area contributed by atoms with Crippen LogP contribution >= 0.6 is 0 Å². The van der Waals surface area contributed by atoms with E-state index in [-0.39, 0.29) is 23.7 Å². The van der Waals surface area contributed by atoms with Crippen molar-refractivity contribution in [3.8, 4) is 0 Å². The SMILES string of the molecule is CN(CCS(C)(=O)=O)c1ccc(N)c(C(F)(F)F)c1. The first-order chi connectivity index (χ1) is 8.50. The van der Waals surface area contributed by atoms with Crippen LogP contribution in [0.25, 0.3) is 0 Å². The lowest BCUT2D eigenvalue weighted by Crippen LogP contribution is -2.25. The molecule has 8 heteroatoms. The first kappa shape index (κ1) is 15.6. The number of anilines is 2. The quantitative estimate of drug-likeness (QED) is 0.860. The minimum Gasteiger partial charge on any atom is -0.398 e. The number of nitrogens with two attached hydrogens (primary N) is 1. The molecule has 0 spiro atoms.